The van der Waals surface area contributed by atoms with E-state index in [1.54, 1.807) is 18.7 Å². The highest BCUT2D eigenvalue weighted by Crippen LogP contribution is 2.22. The molecule has 0 saturated heterocycles. The van der Waals surface area contributed by atoms with Gasteiger partial charge < -0.3 is 10.3 Å². The Balaban J connectivity index is 1.55. The second kappa shape index (κ2) is 5.41. The molecule has 5 rings (SSSR count). The normalized spacial score (nSPS) is 11.2. The summed E-state index contributed by atoms with van der Waals surface area (Å²) in [6.07, 6.45) is 5.24. The number of H-pyrrole nitrogens is 1. The molecule has 0 saturated carbocycles. The van der Waals surface area contributed by atoms with E-state index in [4.69, 9.17) is 0 Å². The Hall–Kier alpha value is -3.74. The van der Waals surface area contributed by atoms with Gasteiger partial charge in [-0.1, -0.05) is 6.07 Å². The number of aromatic nitrogens is 6. The van der Waals surface area contributed by atoms with Gasteiger partial charge in [-0.15, -0.1) is 5.10 Å². The third-order valence-electron chi connectivity index (χ3n) is 4.00. The average molecular weight is 327 g/mol. The number of hydrogen-bond donors (Lipinski definition) is 2. The van der Waals surface area contributed by atoms with Crippen LogP contribution in [0.5, 0.6) is 0 Å². The van der Waals surface area contributed by atoms with Crippen molar-refractivity contribution in [3.63, 3.8) is 0 Å². The lowest BCUT2D eigenvalue weighted by atomic mass is 10.3. The fourth-order valence-corrected chi connectivity index (χ4v) is 2.81. The van der Waals surface area contributed by atoms with E-state index in [-0.39, 0.29) is 0 Å². The van der Waals surface area contributed by atoms with Crippen molar-refractivity contribution >= 4 is 28.2 Å². The van der Waals surface area contributed by atoms with Crippen LogP contribution in [0, 0.1) is 0 Å². The Kier molecular flexibility index (Phi) is 2.96. The molecule has 4 aromatic heterocycles. The van der Waals surface area contributed by atoms with E-state index in [0.29, 0.717) is 5.95 Å². The number of hydrogen-bond acceptors (Lipinski definition) is 5. The zero-order valence-electron chi connectivity index (χ0n) is 13.1. The monoisotopic (exact) mass is 327 g/mol. The largest absolute Gasteiger partial charge is 0.345 e. The Morgan fingerprint density at radius 2 is 1.96 bits per heavy atom. The highest BCUT2D eigenvalue weighted by Gasteiger charge is 2.08. The number of aromatic amines is 1. The molecule has 0 amide bonds. The van der Waals surface area contributed by atoms with Crippen molar-refractivity contribution in [1.82, 2.24) is 29.5 Å². The number of pyridine rings is 1. The summed E-state index contributed by atoms with van der Waals surface area (Å²) in [6.45, 7) is 0. The van der Waals surface area contributed by atoms with Crippen molar-refractivity contribution in [1.29, 1.82) is 0 Å². The van der Waals surface area contributed by atoms with Crippen LogP contribution in [0.3, 0.4) is 0 Å². The molecule has 2 N–H and O–H groups in total. The lowest BCUT2D eigenvalue weighted by Crippen LogP contribution is -2.03. The summed E-state index contributed by atoms with van der Waals surface area (Å²) in [5.41, 5.74) is 5.47. The molecular formula is C18H13N7. The predicted molar refractivity (Wildman–Crippen MR) is 95.6 cm³/mol. The van der Waals surface area contributed by atoms with Crippen LogP contribution in [-0.2, 0) is 0 Å². The first-order valence-electron chi connectivity index (χ1n) is 7.83. The molecule has 0 spiro atoms. The van der Waals surface area contributed by atoms with Crippen LogP contribution in [0.4, 0.5) is 11.6 Å². The fourth-order valence-electron chi connectivity index (χ4n) is 2.81. The van der Waals surface area contributed by atoms with E-state index in [1.807, 2.05) is 53.0 Å². The van der Waals surface area contributed by atoms with Crippen LogP contribution in [0.15, 0.2) is 67.3 Å². The number of nitrogens with zero attached hydrogens (tertiary/aromatic N) is 5. The molecule has 0 aliphatic rings. The number of benzene rings is 1. The minimum absolute atomic E-state index is 0.514. The number of anilines is 2. The summed E-state index contributed by atoms with van der Waals surface area (Å²) < 4.78 is 1.84. The van der Waals surface area contributed by atoms with E-state index < -0.39 is 0 Å². The molecule has 120 valence electrons. The molecule has 0 radical (unpaired) electrons. The quantitative estimate of drug-likeness (QED) is 0.530. The molecule has 4 heterocycles. The molecule has 0 aliphatic heterocycles. The molecule has 1 aromatic carbocycles. The van der Waals surface area contributed by atoms with E-state index >= 15 is 0 Å². The van der Waals surface area contributed by atoms with Gasteiger partial charge in [0.2, 0.25) is 5.95 Å². The van der Waals surface area contributed by atoms with Gasteiger partial charge in [-0.2, -0.15) is 0 Å². The Morgan fingerprint density at radius 1 is 0.960 bits per heavy atom. The molecule has 0 aliphatic carbocycles. The Bertz CT molecular complexity index is 1170. The van der Waals surface area contributed by atoms with Crippen LogP contribution < -0.4 is 5.32 Å². The molecule has 0 bridgehead atoms. The van der Waals surface area contributed by atoms with Crippen LogP contribution >= 0.6 is 0 Å². The maximum absolute atomic E-state index is 4.60. The number of fused-ring (bicyclic) bond motifs is 2. The first-order chi connectivity index (χ1) is 12.4. The van der Waals surface area contributed by atoms with E-state index in [1.165, 1.54) is 0 Å². The summed E-state index contributed by atoms with van der Waals surface area (Å²) in [4.78, 5) is 16.1. The average Bonchev–Trinajstić information content (AvgIpc) is 3.28. The minimum atomic E-state index is 0.514. The van der Waals surface area contributed by atoms with Crippen molar-refractivity contribution < 1.29 is 0 Å². The molecular weight excluding hydrogens is 314 g/mol. The van der Waals surface area contributed by atoms with Gasteiger partial charge in [0.15, 0.2) is 0 Å². The molecule has 7 heteroatoms. The van der Waals surface area contributed by atoms with Crippen LogP contribution in [0.25, 0.3) is 27.9 Å². The first kappa shape index (κ1) is 13.7. The summed E-state index contributed by atoms with van der Waals surface area (Å²) in [5.74, 6) is 0.514. The van der Waals surface area contributed by atoms with Crippen molar-refractivity contribution in [3.8, 4) is 11.4 Å². The first-order valence-corrected chi connectivity index (χ1v) is 7.83. The zero-order chi connectivity index (χ0) is 16.6. The number of rotatable bonds is 3. The second-order valence-corrected chi connectivity index (χ2v) is 5.61. The summed E-state index contributed by atoms with van der Waals surface area (Å²) in [6, 6.07) is 15.7. The smallest absolute Gasteiger partial charge is 0.245 e. The van der Waals surface area contributed by atoms with Crippen LogP contribution in [0.1, 0.15) is 0 Å². The SMILES string of the molecule is c1ccc(-c2ccc3cnc(Nc4ccc5nc[nH]c5c4)nn23)nc1. The van der Waals surface area contributed by atoms with E-state index in [0.717, 1.165) is 33.6 Å². The maximum Gasteiger partial charge on any atom is 0.245 e. The topological polar surface area (TPSA) is 83.8 Å². The fraction of sp³-hybridized carbons (Fsp3) is 0. The lowest BCUT2D eigenvalue weighted by molar-refractivity contribution is 0.915. The van der Waals surface area contributed by atoms with Gasteiger partial charge >= 0.3 is 0 Å². The van der Waals surface area contributed by atoms with Gasteiger partial charge in [-0.05, 0) is 42.5 Å². The van der Waals surface area contributed by atoms with Gasteiger partial charge in [-0.3, -0.25) is 4.98 Å². The van der Waals surface area contributed by atoms with Gasteiger partial charge in [-0.25, -0.2) is 14.5 Å². The van der Waals surface area contributed by atoms with Gasteiger partial charge in [0.1, 0.15) is 0 Å². The molecule has 7 nitrogen and oxygen atoms in total. The second-order valence-electron chi connectivity index (χ2n) is 5.61. The molecule has 5 aromatic rings. The highest BCUT2D eigenvalue weighted by atomic mass is 15.3. The van der Waals surface area contributed by atoms with Crippen LogP contribution in [-0.4, -0.2) is 29.5 Å². The molecule has 0 atom stereocenters. The third kappa shape index (κ3) is 2.38. The van der Waals surface area contributed by atoms with E-state index in [9.17, 15) is 0 Å². The summed E-state index contributed by atoms with van der Waals surface area (Å²) in [5, 5.41) is 7.84. The van der Waals surface area contributed by atoms with E-state index in [2.05, 4.69) is 30.4 Å². The molecule has 0 fully saturated rings. The molecule has 25 heavy (non-hydrogen) atoms. The predicted octanol–water partition coefficient (Wildman–Crippen LogP) is 3.41. The van der Waals surface area contributed by atoms with Crippen molar-refractivity contribution in [2.24, 2.45) is 0 Å². The van der Waals surface area contributed by atoms with Crippen molar-refractivity contribution in [2.75, 3.05) is 5.32 Å². The molecule has 0 unspecified atom stereocenters. The number of imidazole rings is 1. The Labute approximate surface area is 142 Å². The summed E-state index contributed by atoms with van der Waals surface area (Å²) in [7, 11) is 0. The van der Waals surface area contributed by atoms with Crippen LogP contribution in [0.2, 0.25) is 0 Å². The van der Waals surface area contributed by atoms with Gasteiger partial charge in [0, 0.05) is 11.9 Å². The maximum atomic E-state index is 4.60. The minimum Gasteiger partial charge on any atom is -0.345 e. The summed E-state index contributed by atoms with van der Waals surface area (Å²) >= 11 is 0. The van der Waals surface area contributed by atoms with Crippen molar-refractivity contribution in [2.45, 2.75) is 0 Å². The lowest BCUT2D eigenvalue weighted by Gasteiger charge is -2.06. The van der Waals surface area contributed by atoms with Crippen molar-refractivity contribution in [3.05, 3.63) is 67.3 Å². The Morgan fingerprint density at radius 3 is 2.88 bits per heavy atom. The highest BCUT2D eigenvalue weighted by molar-refractivity contribution is 5.79. The van der Waals surface area contributed by atoms with Gasteiger partial charge in [0.05, 0.1) is 40.5 Å². The zero-order valence-corrected chi connectivity index (χ0v) is 13.1. The standard InChI is InChI=1S/C18H13N7/c1-2-8-19-15(3-1)17-7-5-13-10-20-18(24-25(13)17)23-12-4-6-14-16(9-12)22-11-21-14/h1-11H,(H,21,22)(H,23,24). The van der Waals surface area contributed by atoms with Gasteiger partial charge in [0.25, 0.3) is 0 Å². The third-order valence-corrected chi connectivity index (χ3v) is 4.00. The number of nitrogens with one attached hydrogen (secondary N) is 2.